The molecule has 0 spiro atoms. The van der Waals surface area contributed by atoms with Crippen LogP contribution in [0.15, 0.2) is 53.0 Å². The molecule has 0 aliphatic carbocycles. The van der Waals surface area contributed by atoms with Gasteiger partial charge in [-0.1, -0.05) is 34.1 Å². The van der Waals surface area contributed by atoms with Crippen molar-refractivity contribution in [2.75, 3.05) is 13.2 Å². The number of nitrogens with zero attached hydrogens (tertiary/aromatic N) is 1. The molecule has 7 heteroatoms. The zero-order valence-electron chi connectivity index (χ0n) is 11.5. The van der Waals surface area contributed by atoms with Crippen LogP contribution in [0.25, 0.3) is 0 Å². The van der Waals surface area contributed by atoms with Crippen molar-refractivity contribution in [1.82, 2.24) is 5.32 Å². The van der Waals surface area contributed by atoms with E-state index in [1.807, 2.05) is 18.2 Å². The molecule has 0 atom stereocenters. The molecule has 6 nitrogen and oxygen atoms in total. The highest BCUT2D eigenvalue weighted by Gasteiger charge is 2.18. The highest BCUT2D eigenvalue weighted by atomic mass is 79.9. The van der Waals surface area contributed by atoms with Gasteiger partial charge in [0.05, 0.1) is 11.5 Å². The van der Waals surface area contributed by atoms with Crippen molar-refractivity contribution in [3.63, 3.8) is 0 Å². The van der Waals surface area contributed by atoms with E-state index in [9.17, 15) is 14.9 Å². The smallest absolute Gasteiger partial charge is 0.282 e. The number of hydrogen-bond acceptors (Lipinski definition) is 4. The van der Waals surface area contributed by atoms with Gasteiger partial charge in [-0.15, -0.1) is 0 Å². The van der Waals surface area contributed by atoms with Gasteiger partial charge in [0.2, 0.25) is 0 Å². The summed E-state index contributed by atoms with van der Waals surface area (Å²) in [4.78, 5) is 22.2. The number of carbonyl (C=O) groups is 1. The summed E-state index contributed by atoms with van der Waals surface area (Å²) in [5.74, 6) is 0.180. The number of amides is 1. The molecule has 0 aliphatic heterocycles. The Hall–Kier alpha value is -2.41. The number of nitrogens with one attached hydrogen (secondary N) is 1. The fraction of sp³-hybridized carbons (Fsp3) is 0.133. The van der Waals surface area contributed by atoms with Crippen LogP contribution >= 0.6 is 15.9 Å². The number of nitro benzene ring substituents is 1. The average molecular weight is 365 g/mol. The van der Waals surface area contributed by atoms with Crippen LogP contribution in [0.1, 0.15) is 10.4 Å². The number of ether oxygens (including phenoxy) is 1. The lowest BCUT2D eigenvalue weighted by molar-refractivity contribution is -0.385. The Morgan fingerprint density at radius 3 is 2.73 bits per heavy atom. The Morgan fingerprint density at radius 2 is 2.00 bits per heavy atom. The second kappa shape index (κ2) is 7.56. The lowest BCUT2D eigenvalue weighted by Gasteiger charge is -2.08. The maximum atomic E-state index is 12.0. The van der Waals surface area contributed by atoms with E-state index >= 15 is 0 Å². The van der Waals surface area contributed by atoms with Crippen LogP contribution < -0.4 is 10.1 Å². The number of halogens is 1. The first kappa shape index (κ1) is 16.0. The Labute approximate surface area is 135 Å². The molecule has 0 saturated carbocycles. The summed E-state index contributed by atoms with van der Waals surface area (Å²) in [6, 6.07) is 13.1. The van der Waals surface area contributed by atoms with Crippen molar-refractivity contribution in [2.45, 2.75) is 0 Å². The fourth-order valence-corrected chi connectivity index (χ4v) is 2.19. The molecule has 2 rings (SSSR count). The summed E-state index contributed by atoms with van der Waals surface area (Å²) in [5.41, 5.74) is -0.178. The predicted octanol–water partition coefficient (Wildman–Crippen LogP) is 3.17. The fourth-order valence-electron chi connectivity index (χ4n) is 1.81. The Kier molecular flexibility index (Phi) is 5.48. The highest BCUT2D eigenvalue weighted by Crippen LogP contribution is 2.18. The summed E-state index contributed by atoms with van der Waals surface area (Å²) in [7, 11) is 0. The standard InChI is InChI=1S/C15H13BrN2O4/c16-11-4-3-5-12(10-11)22-9-8-17-15(19)13-6-1-2-7-14(13)18(20)21/h1-7,10H,8-9H2,(H,17,19). The largest absolute Gasteiger partial charge is 0.492 e. The average Bonchev–Trinajstić information content (AvgIpc) is 2.51. The molecule has 2 aromatic rings. The van der Waals surface area contributed by atoms with Crippen LogP contribution in [0.3, 0.4) is 0 Å². The zero-order valence-corrected chi connectivity index (χ0v) is 13.1. The molecule has 0 heterocycles. The Bertz CT molecular complexity index is 691. The van der Waals surface area contributed by atoms with E-state index in [4.69, 9.17) is 4.74 Å². The van der Waals surface area contributed by atoms with Gasteiger partial charge in [0.1, 0.15) is 17.9 Å². The molecule has 1 amide bonds. The first-order valence-electron chi connectivity index (χ1n) is 6.48. The van der Waals surface area contributed by atoms with Gasteiger partial charge < -0.3 is 10.1 Å². The van der Waals surface area contributed by atoms with E-state index in [2.05, 4.69) is 21.2 Å². The molecule has 0 saturated heterocycles. The number of nitro groups is 1. The summed E-state index contributed by atoms with van der Waals surface area (Å²) in [6.07, 6.45) is 0. The zero-order chi connectivity index (χ0) is 15.9. The number of rotatable bonds is 6. The van der Waals surface area contributed by atoms with Crippen molar-refractivity contribution < 1.29 is 14.5 Å². The minimum absolute atomic E-state index is 0.0370. The molecule has 0 unspecified atom stereocenters. The third-order valence-corrected chi connectivity index (χ3v) is 3.29. The van der Waals surface area contributed by atoms with Crippen molar-refractivity contribution in [3.8, 4) is 5.75 Å². The minimum Gasteiger partial charge on any atom is -0.492 e. The molecule has 114 valence electrons. The maximum Gasteiger partial charge on any atom is 0.282 e. The molecular weight excluding hydrogens is 352 g/mol. The highest BCUT2D eigenvalue weighted by molar-refractivity contribution is 9.10. The summed E-state index contributed by atoms with van der Waals surface area (Å²) < 4.78 is 6.37. The van der Waals surface area contributed by atoms with Crippen LogP contribution in [0.2, 0.25) is 0 Å². The predicted molar refractivity (Wildman–Crippen MR) is 85.1 cm³/mol. The quantitative estimate of drug-likeness (QED) is 0.484. The lowest BCUT2D eigenvalue weighted by atomic mass is 10.1. The van der Waals surface area contributed by atoms with E-state index in [1.165, 1.54) is 18.2 Å². The van der Waals surface area contributed by atoms with Gasteiger partial charge in [0.25, 0.3) is 11.6 Å². The van der Waals surface area contributed by atoms with Crippen LogP contribution in [0.4, 0.5) is 5.69 Å². The van der Waals surface area contributed by atoms with E-state index < -0.39 is 10.8 Å². The normalized spacial score (nSPS) is 10.0. The third kappa shape index (κ3) is 4.29. The molecule has 0 fully saturated rings. The van der Waals surface area contributed by atoms with E-state index in [0.717, 1.165) is 4.47 Å². The molecule has 22 heavy (non-hydrogen) atoms. The second-order valence-electron chi connectivity index (χ2n) is 4.34. The molecular formula is C15H13BrN2O4. The topological polar surface area (TPSA) is 81.5 Å². The van der Waals surface area contributed by atoms with Gasteiger partial charge in [-0.3, -0.25) is 14.9 Å². The van der Waals surface area contributed by atoms with Crippen molar-refractivity contribution >= 4 is 27.5 Å². The Morgan fingerprint density at radius 1 is 1.23 bits per heavy atom. The molecule has 0 radical (unpaired) electrons. The minimum atomic E-state index is -0.576. The van der Waals surface area contributed by atoms with Gasteiger partial charge in [-0.2, -0.15) is 0 Å². The summed E-state index contributed by atoms with van der Waals surface area (Å²) >= 11 is 3.33. The molecule has 0 bridgehead atoms. The van der Waals surface area contributed by atoms with Crippen molar-refractivity contribution in [3.05, 3.63) is 68.7 Å². The van der Waals surface area contributed by atoms with Gasteiger partial charge in [0, 0.05) is 10.5 Å². The van der Waals surface area contributed by atoms with E-state index in [1.54, 1.807) is 12.1 Å². The first-order valence-corrected chi connectivity index (χ1v) is 7.27. The summed E-state index contributed by atoms with van der Waals surface area (Å²) in [6.45, 7) is 0.514. The summed E-state index contributed by atoms with van der Waals surface area (Å²) in [5, 5.41) is 13.5. The van der Waals surface area contributed by atoms with E-state index in [0.29, 0.717) is 5.75 Å². The molecule has 1 N–H and O–H groups in total. The van der Waals surface area contributed by atoms with E-state index in [-0.39, 0.29) is 24.4 Å². The number of carbonyl (C=O) groups excluding carboxylic acids is 1. The van der Waals surface area contributed by atoms with Crippen molar-refractivity contribution in [1.29, 1.82) is 0 Å². The van der Waals surface area contributed by atoms with Crippen LogP contribution in [-0.2, 0) is 0 Å². The van der Waals surface area contributed by atoms with Crippen molar-refractivity contribution in [2.24, 2.45) is 0 Å². The second-order valence-corrected chi connectivity index (χ2v) is 5.25. The van der Waals surface area contributed by atoms with Crippen LogP contribution in [0.5, 0.6) is 5.75 Å². The lowest BCUT2D eigenvalue weighted by Crippen LogP contribution is -2.28. The van der Waals surface area contributed by atoms with Crippen LogP contribution in [0, 0.1) is 10.1 Å². The molecule has 0 aliphatic rings. The van der Waals surface area contributed by atoms with Gasteiger partial charge in [-0.25, -0.2) is 0 Å². The van der Waals surface area contributed by atoms with Crippen LogP contribution in [-0.4, -0.2) is 24.0 Å². The number of para-hydroxylation sites is 1. The molecule has 2 aromatic carbocycles. The monoisotopic (exact) mass is 364 g/mol. The van der Waals surface area contributed by atoms with Gasteiger partial charge in [-0.05, 0) is 24.3 Å². The number of benzene rings is 2. The Balaban J connectivity index is 1.87. The SMILES string of the molecule is O=C(NCCOc1cccc(Br)c1)c1ccccc1[N+](=O)[O-]. The molecule has 0 aromatic heterocycles. The third-order valence-electron chi connectivity index (χ3n) is 2.80. The van der Waals surface area contributed by atoms with Gasteiger partial charge >= 0.3 is 0 Å². The maximum absolute atomic E-state index is 12.0. The van der Waals surface area contributed by atoms with Gasteiger partial charge in [0.15, 0.2) is 0 Å². The number of hydrogen-bond donors (Lipinski definition) is 1. The first-order chi connectivity index (χ1) is 10.6.